The molecule has 90 valence electrons. The summed E-state index contributed by atoms with van der Waals surface area (Å²) in [5.74, 6) is 0. The molecule has 0 saturated carbocycles. The van der Waals surface area contributed by atoms with Gasteiger partial charge in [0.1, 0.15) is 0 Å². The van der Waals surface area contributed by atoms with Crippen molar-refractivity contribution in [3.05, 3.63) is 30.3 Å². The maximum Gasteiger partial charge on any atom is 2.00 e. The topological polar surface area (TPSA) is 0 Å². The largest absolute Gasteiger partial charge is 2.00 e. The second kappa shape index (κ2) is 15.3. The Labute approximate surface area is 129 Å². The van der Waals surface area contributed by atoms with Gasteiger partial charge in [0.05, 0.1) is 0 Å². The molecule has 0 aromatic carbocycles. The first kappa shape index (κ1) is 29.9. The fourth-order valence-corrected chi connectivity index (χ4v) is 2.17. The number of hydrogen-bond acceptors (Lipinski definition) is 0. The maximum absolute atomic E-state index is 3.36. The third-order valence-corrected chi connectivity index (χ3v) is 3.46. The van der Waals surface area contributed by atoms with Crippen LogP contribution < -0.4 is 37.2 Å². The summed E-state index contributed by atoms with van der Waals surface area (Å²) in [5.41, 5.74) is 0. The van der Waals surface area contributed by atoms with Crippen LogP contribution in [0.5, 0.6) is 0 Å². The van der Waals surface area contributed by atoms with Gasteiger partial charge in [-0.05, 0) is 0 Å². The van der Waals surface area contributed by atoms with Crippen molar-refractivity contribution in [1.82, 2.24) is 0 Å². The SMILES string of the molecule is C[Si](C)(C)C1=[C-]CC=C1.[CH2-]C.[Cl-].[Cl-].[Cl-].[Ti+2]. The minimum absolute atomic E-state index is 0. The van der Waals surface area contributed by atoms with Gasteiger partial charge in [-0.3, -0.25) is 6.08 Å². The van der Waals surface area contributed by atoms with E-state index in [0.717, 1.165) is 6.42 Å². The molecule has 15 heavy (non-hydrogen) atoms. The van der Waals surface area contributed by atoms with Crippen LogP contribution in [0, 0.1) is 13.0 Å². The predicted octanol–water partition coefficient (Wildman–Crippen LogP) is -5.60. The first-order valence-electron chi connectivity index (χ1n) is 4.09. The second-order valence-corrected chi connectivity index (χ2v) is 8.49. The molecule has 5 heteroatoms. The van der Waals surface area contributed by atoms with E-state index >= 15 is 0 Å². The molecule has 0 atom stereocenters. The molecule has 1 rings (SSSR count). The molecule has 0 radical (unpaired) electrons. The zero-order valence-electron chi connectivity index (χ0n) is 9.70. The van der Waals surface area contributed by atoms with Crippen LogP contribution in [0.1, 0.15) is 13.3 Å². The fraction of sp³-hybridized carbons (Fsp3) is 0.500. The van der Waals surface area contributed by atoms with Crippen molar-refractivity contribution < 1.29 is 58.9 Å². The van der Waals surface area contributed by atoms with Gasteiger partial charge in [-0.15, -0.1) is 6.42 Å². The first-order valence-corrected chi connectivity index (χ1v) is 7.59. The van der Waals surface area contributed by atoms with Gasteiger partial charge in [0.25, 0.3) is 0 Å². The Kier molecular flexibility index (Phi) is 30.4. The molecular formula is C10H18Cl3SiTi-3. The van der Waals surface area contributed by atoms with Gasteiger partial charge in [0.15, 0.2) is 0 Å². The van der Waals surface area contributed by atoms with Crippen molar-refractivity contribution >= 4 is 8.07 Å². The Morgan fingerprint density at radius 3 is 1.67 bits per heavy atom. The molecule has 0 spiro atoms. The predicted molar refractivity (Wildman–Crippen MR) is 54.9 cm³/mol. The molecule has 1 aliphatic carbocycles. The van der Waals surface area contributed by atoms with E-state index in [1.165, 1.54) is 5.20 Å². The van der Waals surface area contributed by atoms with E-state index in [-0.39, 0.29) is 58.9 Å². The van der Waals surface area contributed by atoms with Gasteiger partial charge in [-0.1, -0.05) is 19.6 Å². The Bertz CT molecular complexity index is 174. The Morgan fingerprint density at radius 2 is 1.53 bits per heavy atom. The summed E-state index contributed by atoms with van der Waals surface area (Å²) in [5, 5.41) is 1.49. The van der Waals surface area contributed by atoms with Crippen molar-refractivity contribution in [2.45, 2.75) is 33.0 Å². The normalized spacial score (nSPS) is 11.4. The molecule has 0 nitrogen and oxygen atoms in total. The molecule has 0 aromatic rings. The number of allylic oxidation sites excluding steroid dienone is 4. The first-order chi connectivity index (χ1) is 5.11. The summed E-state index contributed by atoms with van der Waals surface area (Å²) in [6, 6.07) is 0. The van der Waals surface area contributed by atoms with E-state index in [0.29, 0.717) is 0 Å². The van der Waals surface area contributed by atoms with E-state index in [1.54, 1.807) is 6.92 Å². The van der Waals surface area contributed by atoms with Crippen LogP contribution in [0.3, 0.4) is 0 Å². The van der Waals surface area contributed by atoms with Crippen LogP contribution in [-0.4, -0.2) is 8.07 Å². The van der Waals surface area contributed by atoms with Gasteiger partial charge in [-0.2, -0.15) is 13.0 Å². The Morgan fingerprint density at radius 1 is 1.13 bits per heavy atom. The van der Waals surface area contributed by atoms with E-state index in [4.69, 9.17) is 0 Å². The summed E-state index contributed by atoms with van der Waals surface area (Å²) >= 11 is 0. The molecular weight excluding hydrogens is 302 g/mol. The van der Waals surface area contributed by atoms with Gasteiger partial charge in [0, 0.05) is 8.07 Å². The molecule has 0 unspecified atom stereocenters. The molecule has 0 N–H and O–H groups in total. The zero-order valence-corrected chi connectivity index (χ0v) is 14.5. The second-order valence-electron chi connectivity index (χ2n) is 3.45. The summed E-state index contributed by atoms with van der Waals surface area (Å²) in [6.45, 7) is 12.1. The minimum atomic E-state index is -1.01. The van der Waals surface area contributed by atoms with Crippen molar-refractivity contribution in [2.24, 2.45) is 0 Å². The summed E-state index contributed by atoms with van der Waals surface area (Å²) in [7, 11) is -1.01. The van der Waals surface area contributed by atoms with Crippen LogP contribution >= 0.6 is 0 Å². The van der Waals surface area contributed by atoms with Gasteiger partial charge >= 0.3 is 21.7 Å². The summed E-state index contributed by atoms with van der Waals surface area (Å²) in [4.78, 5) is 0. The molecule has 0 saturated heterocycles. The quantitative estimate of drug-likeness (QED) is 0.334. The minimum Gasteiger partial charge on any atom is -1.00 e. The smallest absolute Gasteiger partial charge is 1.00 e. The Hall–Kier alpha value is 1.28. The van der Waals surface area contributed by atoms with E-state index in [9.17, 15) is 0 Å². The molecule has 0 amide bonds. The zero-order chi connectivity index (χ0) is 8.91. The number of rotatable bonds is 1. The van der Waals surface area contributed by atoms with Gasteiger partial charge in [0.2, 0.25) is 0 Å². The number of halogens is 3. The van der Waals surface area contributed by atoms with E-state index < -0.39 is 8.07 Å². The monoisotopic (exact) mass is 319 g/mol. The summed E-state index contributed by atoms with van der Waals surface area (Å²) < 4.78 is 0. The molecule has 0 aliphatic heterocycles. The average molecular weight is 321 g/mol. The molecule has 0 aromatic heterocycles. The summed E-state index contributed by atoms with van der Waals surface area (Å²) in [6.07, 6.45) is 8.82. The van der Waals surface area contributed by atoms with Crippen molar-refractivity contribution in [1.29, 1.82) is 0 Å². The molecule has 0 bridgehead atoms. The van der Waals surface area contributed by atoms with Gasteiger partial charge < -0.3 is 44.1 Å². The maximum atomic E-state index is 3.36. The Balaban J connectivity index is -0.0000000526. The standard InChI is InChI=1S/C8H13Si.C2H5.3ClH.Ti/c1-9(2,3)8-6-4-5-7-8;1-2;;;;/h4,6H,5H2,1-3H3;1H2,2H3;3*1H;/q2*-1;;;;+2/p-3. The van der Waals surface area contributed by atoms with E-state index in [1.807, 2.05) is 0 Å². The fourth-order valence-electron chi connectivity index (χ4n) is 0.920. The van der Waals surface area contributed by atoms with Crippen molar-refractivity contribution in [3.63, 3.8) is 0 Å². The van der Waals surface area contributed by atoms with Crippen molar-refractivity contribution in [2.75, 3.05) is 0 Å². The molecule has 1 aliphatic rings. The molecule has 0 fully saturated rings. The van der Waals surface area contributed by atoms with Crippen LogP contribution in [0.25, 0.3) is 0 Å². The number of hydrogen-bond donors (Lipinski definition) is 0. The third-order valence-electron chi connectivity index (χ3n) is 1.50. The third kappa shape index (κ3) is 13.2. The van der Waals surface area contributed by atoms with Crippen LogP contribution in [0.2, 0.25) is 19.6 Å². The van der Waals surface area contributed by atoms with Gasteiger partial charge in [-0.25, -0.2) is 11.3 Å². The van der Waals surface area contributed by atoms with Crippen LogP contribution in [-0.2, 0) is 21.7 Å². The van der Waals surface area contributed by atoms with Crippen molar-refractivity contribution in [3.8, 4) is 0 Å². The van der Waals surface area contributed by atoms with E-state index in [2.05, 4.69) is 44.8 Å². The van der Waals surface area contributed by atoms with Crippen LogP contribution in [0.4, 0.5) is 0 Å². The van der Waals surface area contributed by atoms with Crippen LogP contribution in [0.15, 0.2) is 17.3 Å². The average Bonchev–Trinajstić information content (AvgIpc) is 2.40. The molecule has 0 heterocycles.